The number of rotatable bonds is 19. The Bertz CT molecular complexity index is 1480. The molecule has 0 N–H and O–H groups in total. The Kier molecular flexibility index (Phi) is 13.0. The van der Waals surface area contributed by atoms with E-state index in [0.717, 1.165) is 122 Å². The summed E-state index contributed by atoms with van der Waals surface area (Å²) in [6.07, 6.45) is 7.32. The van der Waals surface area contributed by atoms with Gasteiger partial charge in [-0.2, -0.15) is 0 Å². The van der Waals surface area contributed by atoms with Crippen molar-refractivity contribution in [3.8, 4) is 28.6 Å². The van der Waals surface area contributed by atoms with Gasteiger partial charge in [-0.1, -0.05) is 50.9 Å². The van der Waals surface area contributed by atoms with Crippen LogP contribution >= 0.6 is 11.6 Å². The van der Waals surface area contributed by atoms with Gasteiger partial charge in [0, 0.05) is 55.3 Å². The number of benzene rings is 3. The minimum atomic E-state index is 0.277. The smallest absolute Gasteiger partial charge is 0.150 e. The summed E-state index contributed by atoms with van der Waals surface area (Å²) in [5.74, 6) is 3.37. The van der Waals surface area contributed by atoms with Crippen molar-refractivity contribution in [1.82, 2.24) is 14.5 Å². The third kappa shape index (κ3) is 9.40. The summed E-state index contributed by atoms with van der Waals surface area (Å²) in [4.78, 5) is 7.63. The number of unbranched alkanes of at least 4 members (excludes halogenated alkanes) is 1. The summed E-state index contributed by atoms with van der Waals surface area (Å²) < 4.78 is 27.0. The summed E-state index contributed by atoms with van der Waals surface area (Å²) in [5.41, 5.74) is 4.16. The minimum Gasteiger partial charge on any atom is -0.493 e. The lowest BCUT2D eigenvalue weighted by atomic mass is 10.1. The zero-order valence-electron chi connectivity index (χ0n) is 27.8. The Balaban J connectivity index is 1.36. The molecular formula is C38H50ClN3O4. The van der Waals surface area contributed by atoms with Gasteiger partial charge in [0.1, 0.15) is 22.8 Å². The first-order valence-corrected chi connectivity index (χ1v) is 17.6. The zero-order chi connectivity index (χ0) is 32.1. The highest BCUT2D eigenvalue weighted by Gasteiger charge is 2.20. The maximum absolute atomic E-state index is 6.44. The number of nitrogens with zero attached hydrogens (tertiary/aromatic N) is 3. The van der Waals surface area contributed by atoms with Crippen molar-refractivity contribution < 1.29 is 18.9 Å². The van der Waals surface area contributed by atoms with Gasteiger partial charge in [0.15, 0.2) is 5.75 Å². The first kappa shape index (κ1) is 34.1. The number of hydrogen-bond acceptors (Lipinski definition) is 6. The lowest BCUT2D eigenvalue weighted by Crippen LogP contribution is -2.25. The number of hydrogen-bond donors (Lipinski definition) is 0. The van der Waals surface area contributed by atoms with Crippen LogP contribution in [0.5, 0.6) is 17.2 Å². The molecule has 1 saturated heterocycles. The average Bonchev–Trinajstić information content (AvgIpc) is 3.73. The van der Waals surface area contributed by atoms with Crippen molar-refractivity contribution >= 4 is 22.6 Å². The van der Waals surface area contributed by atoms with Gasteiger partial charge in [0.05, 0.1) is 31.4 Å². The van der Waals surface area contributed by atoms with Crippen LogP contribution in [0.25, 0.3) is 22.4 Å². The maximum Gasteiger partial charge on any atom is 0.150 e. The molecule has 1 aliphatic heterocycles. The van der Waals surface area contributed by atoms with E-state index < -0.39 is 0 Å². The van der Waals surface area contributed by atoms with Gasteiger partial charge in [-0.25, -0.2) is 4.98 Å². The van der Waals surface area contributed by atoms with Crippen molar-refractivity contribution in [2.45, 2.75) is 78.4 Å². The predicted molar refractivity (Wildman–Crippen MR) is 188 cm³/mol. The number of ether oxygens (including phenoxy) is 4. The van der Waals surface area contributed by atoms with E-state index in [1.54, 1.807) is 0 Å². The summed E-state index contributed by atoms with van der Waals surface area (Å²) in [5, 5.41) is 0.747. The Morgan fingerprint density at radius 2 is 1.67 bits per heavy atom. The van der Waals surface area contributed by atoms with E-state index >= 15 is 0 Å². The van der Waals surface area contributed by atoms with Gasteiger partial charge in [-0.05, 0) is 80.7 Å². The highest BCUT2D eigenvalue weighted by atomic mass is 35.5. The quantitative estimate of drug-likeness (QED) is 0.0948. The fourth-order valence-corrected chi connectivity index (χ4v) is 6.08. The van der Waals surface area contributed by atoms with E-state index in [2.05, 4.69) is 48.4 Å². The second-order valence-corrected chi connectivity index (χ2v) is 12.4. The van der Waals surface area contributed by atoms with E-state index in [-0.39, 0.29) is 6.10 Å². The van der Waals surface area contributed by atoms with Gasteiger partial charge in [0.2, 0.25) is 0 Å². The fourth-order valence-electron chi connectivity index (χ4n) is 5.95. The molecule has 3 aromatic carbocycles. The summed E-state index contributed by atoms with van der Waals surface area (Å²) in [6, 6.07) is 20.3. The molecule has 1 fully saturated rings. The summed E-state index contributed by atoms with van der Waals surface area (Å²) >= 11 is 6.02. The molecule has 1 unspecified atom stereocenters. The molecule has 0 aliphatic carbocycles. The SMILES string of the molecule is CCCCn1c(-c2ccc(OCCc3ccc(Cl)cc3)cc2)nc2c(OCCC3CCCO3)cc(OCCCN(CC)CC)cc21. The Hall–Kier alpha value is -3.26. The highest BCUT2D eigenvalue weighted by Crippen LogP contribution is 2.36. The van der Waals surface area contributed by atoms with E-state index in [9.17, 15) is 0 Å². The van der Waals surface area contributed by atoms with Crippen molar-refractivity contribution in [3.63, 3.8) is 0 Å². The third-order valence-corrected chi connectivity index (χ3v) is 8.97. The van der Waals surface area contributed by atoms with Crippen molar-refractivity contribution in [1.29, 1.82) is 0 Å². The molecule has 5 rings (SSSR count). The molecule has 1 aromatic heterocycles. The lowest BCUT2D eigenvalue weighted by Gasteiger charge is -2.18. The largest absolute Gasteiger partial charge is 0.493 e. The normalized spacial score (nSPS) is 14.8. The van der Waals surface area contributed by atoms with Crippen LogP contribution in [0, 0.1) is 0 Å². The Morgan fingerprint density at radius 1 is 0.891 bits per heavy atom. The fraction of sp³-hybridized carbons (Fsp3) is 0.500. The lowest BCUT2D eigenvalue weighted by molar-refractivity contribution is 0.0905. The van der Waals surface area contributed by atoms with Crippen LogP contribution in [-0.4, -0.2) is 66.6 Å². The highest BCUT2D eigenvalue weighted by molar-refractivity contribution is 6.30. The monoisotopic (exact) mass is 647 g/mol. The van der Waals surface area contributed by atoms with E-state index in [0.29, 0.717) is 19.8 Å². The zero-order valence-corrected chi connectivity index (χ0v) is 28.6. The van der Waals surface area contributed by atoms with E-state index in [1.165, 1.54) is 5.56 Å². The van der Waals surface area contributed by atoms with Gasteiger partial charge in [-0.15, -0.1) is 0 Å². The number of fused-ring (bicyclic) bond motifs is 1. The van der Waals surface area contributed by atoms with Gasteiger partial charge in [0.25, 0.3) is 0 Å². The average molecular weight is 648 g/mol. The third-order valence-electron chi connectivity index (χ3n) is 8.72. The number of aromatic nitrogens is 2. The minimum absolute atomic E-state index is 0.277. The van der Waals surface area contributed by atoms with Gasteiger partial charge < -0.3 is 28.4 Å². The molecule has 46 heavy (non-hydrogen) atoms. The molecule has 0 saturated carbocycles. The molecule has 248 valence electrons. The Labute approximate surface area is 279 Å². The van der Waals surface area contributed by atoms with Crippen LogP contribution < -0.4 is 14.2 Å². The van der Waals surface area contributed by atoms with Crippen LogP contribution in [0.1, 0.15) is 64.9 Å². The molecule has 4 aromatic rings. The molecule has 1 atom stereocenters. The first-order chi connectivity index (χ1) is 22.6. The molecule has 8 heteroatoms. The standard InChI is InChI=1S/C38H50ClN3O4/c1-4-7-22-42-35-27-34(44-24-9-21-41(5-2)6-3)28-36(46-26-20-32-10-8-23-43-32)37(35)40-38(42)30-13-17-33(18-14-30)45-25-19-29-11-15-31(39)16-12-29/h11-18,27-28,32H,4-10,19-26H2,1-3H3. The van der Waals surface area contributed by atoms with Crippen LogP contribution in [0.2, 0.25) is 5.02 Å². The molecule has 0 amide bonds. The second kappa shape index (κ2) is 17.6. The van der Waals surface area contributed by atoms with Crippen LogP contribution in [-0.2, 0) is 17.7 Å². The molecule has 2 heterocycles. The van der Waals surface area contributed by atoms with Crippen LogP contribution in [0.3, 0.4) is 0 Å². The van der Waals surface area contributed by atoms with Crippen LogP contribution in [0.15, 0.2) is 60.7 Å². The number of imidazole rings is 1. The van der Waals surface area contributed by atoms with Crippen LogP contribution in [0.4, 0.5) is 0 Å². The van der Waals surface area contributed by atoms with Crippen molar-refractivity contribution in [2.75, 3.05) is 46.1 Å². The van der Waals surface area contributed by atoms with Crippen molar-refractivity contribution in [2.24, 2.45) is 0 Å². The molecule has 1 aliphatic rings. The van der Waals surface area contributed by atoms with E-state index in [4.69, 9.17) is 35.5 Å². The van der Waals surface area contributed by atoms with Crippen molar-refractivity contribution in [3.05, 3.63) is 71.2 Å². The Morgan fingerprint density at radius 3 is 2.39 bits per heavy atom. The van der Waals surface area contributed by atoms with Gasteiger partial charge >= 0.3 is 0 Å². The maximum atomic E-state index is 6.44. The number of aryl methyl sites for hydroxylation is 1. The molecular weight excluding hydrogens is 598 g/mol. The predicted octanol–water partition coefficient (Wildman–Crippen LogP) is 8.84. The summed E-state index contributed by atoms with van der Waals surface area (Å²) in [7, 11) is 0. The molecule has 7 nitrogen and oxygen atoms in total. The topological polar surface area (TPSA) is 58.0 Å². The molecule has 0 radical (unpaired) electrons. The van der Waals surface area contributed by atoms with Gasteiger partial charge in [-0.3, -0.25) is 0 Å². The number of halogens is 1. The summed E-state index contributed by atoms with van der Waals surface area (Å²) in [6.45, 7) is 13.3. The first-order valence-electron chi connectivity index (χ1n) is 17.2. The second-order valence-electron chi connectivity index (χ2n) is 12.0. The van der Waals surface area contributed by atoms with E-state index in [1.807, 2.05) is 42.5 Å². The molecule has 0 bridgehead atoms. The molecule has 0 spiro atoms.